The molecule has 0 spiro atoms. The van der Waals surface area contributed by atoms with Crippen molar-refractivity contribution in [2.75, 3.05) is 0 Å². The fourth-order valence-electron chi connectivity index (χ4n) is 1.56. The maximum atomic E-state index is 4.54. The quantitative estimate of drug-likeness (QED) is 0.727. The van der Waals surface area contributed by atoms with Gasteiger partial charge in [0.1, 0.15) is 0 Å². The van der Waals surface area contributed by atoms with Gasteiger partial charge in [0.2, 0.25) is 0 Å². The van der Waals surface area contributed by atoms with E-state index in [2.05, 4.69) is 56.2 Å². The number of aromatic nitrogens is 2. The molecule has 0 fully saturated rings. The summed E-state index contributed by atoms with van der Waals surface area (Å²) in [4.78, 5) is 0. The van der Waals surface area contributed by atoms with Crippen molar-refractivity contribution in [3.05, 3.63) is 47.8 Å². The van der Waals surface area contributed by atoms with Crippen molar-refractivity contribution in [2.45, 2.75) is 26.7 Å². The minimum absolute atomic E-state index is 0.482. The van der Waals surface area contributed by atoms with Crippen molar-refractivity contribution in [3.8, 4) is 5.69 Å². The smallest absolute Gasteiger partial charge is 0.0654 e. The Bertz CT molecular complexity index is 455. The zero-order valence-corrected chi connectivity index (χ0v) is 9.44. The average Bonchev–Trinajstić information content (AvgIpc) is 2.66. The molecule has 15 heavy (non-hydrogen) atoms. The maximum Gasteiger partial charge on any atom is 0.0654 e. The van der Waals surface area contributed by atoms with E-state index in [4.69, 9.17) is 0 Å². The molecule has 0 radical (unpaired) electrons. The van der Waals surface area contributed by atoms with E-state index in [1.807, 2.05) is 10.9 Å². The third kappa shape index (κ3) is 2.09. The van der Waals surface area contributed by atoms with Crippen molar-refractivity contribution in [2.24, 2.45) is 0 Å². The lowest BCUT2D eigenvalue weighted by Crippen LogP contribution is -1.97. The molecule has 1 aromatic heterocycles. The number of aryl methyl sites for hydroxylation is 1. The van der Waals surface area contributed by atoms with Crippen LogP contribution in [-0.2, 0) is 0 Å². The Labute approximate surface area is 90.6 Å². The van der Waals surface area contributed by atoms with Gasteiger partial charge in [0.15, 0.2) is 0 Å². The van der Waals surface area contributed by atoms with Crippen LogP contribution in [0.4, 0.5) is 0 Å². The van der Waals surface area contributed by atoms with Crippen molar-refractivity contribution in [3.63, 3.8) is 0 Å². The van der Waals surface area contributed by atoms with Gasteiger partial charge in [-0.15, -0.1) is 0 Å². The van der Waals surface area contributed by atoms with Gasteiger partial charge >= 0.3 is 0 Å². The highest BCUT2D eigenvalue weighted by molar-refractivity contribution is 5.34. The number of hydrogen-bond acceptors (Lipinski definition) is 1. The van der Waals surface area contributed by atoms with Gasteiger partial charge in [0.25, 0.3) is 0 Å². The van der Waals surface area contributed by atoms with Crippen molar-refractivity contribution in [1.29, 1.82) is 0 Å². The van der Waals surface area contributed by atoms with Gasteiger partial charge in [0.05, 0.1) is 11.4 Å². The summed E-state index contributed by atoms with van der Waals surface area (Å²) in [5.41, 5.74) is 3.52. The van der Waals surface area contributed by atoms with Crippen LogP contribution in [0.25, 0.3) is 5.69 Å². The van der Waals surface area contributed by atoms with Crippen molar-refractivity contribution < 1.29 is 0 Å². The molecule has 0 N–H and O–H groups in total. The second kappa shape index (κ2) is 3.89. The van der Waals surface area contributed by atoms with Gasteiger partial charge in [-0.05, 0) is 36.6 Å². The van der Waals surface area contributed by atoms with Crippen LogP contribution in [0.1, 0.15) is 31.0 Å². The molecule has 1 heterocycles. The van der Waals surface area contributed by atoms with Crippen LogP contribution >= 0.6 is 0 Å². The summed E-state index contributed by atoms with van der Waals surface area (Å²) in [6.45, 7) is 6.40. The van der Waals surface area contributed by atoms with Crippen LogP contribution in [-0.4, -0.2) is 9.78 Å². The molecule has 0 aliphatic heterocycles. The number of benzene rings is 1. The molecule has 0 aliphatic rings. The molecular formula is C13H16N2. The van der Waals surface area contributed by atoms with Gasteiger partial charge in [-0.2, -0.15) is 5.10 Å². The molecule has 0 unspecified atom stereocenters. The van der Waals surface area contributed by atoms with E-state index >= 15 is 0 Å². The third-order valence-corrected chi connectivity index (χ3v) is 2.47. The van der Waals surface area contributed by atoms with E-state index in [9.17, 15) is 0 Å². The van der Waals surface area contributed by atoms with Crippen LogP contribution in [0, 0.1) is 6.92 Å². The van der Waals surface area contributed by atoms with E-state index in [1.54, 1.807) is 0 Å². The molecule has 0 aliphatic carbocycles. The highest BCUT2D eigenvalue weighted by Gasteiger charge is 2.04. The van der Waals surface area contributed by atoms with Gasteiger partial charge in [-0.1, -0.05) is 26.0 Å². The van der Waals surface area contributed by atoms with Gasteiger partial charge < -0.3 is 0 Å². The Morgan fingerprint density at radius 2 is 2.00 bits per heavy atom. The minimum Gasteiger partial charge on any atom is -0.241 e. The molecule has 0 amide bonds. The van der Waals surface area contributed by atoms with E-state index in [0.717, 1.165) is 11.4 Å². The summed E-state index contributed by atoms with van der Waals surface area (Å²) in [6, 6.07) is 10.4. The van der Waals surface area contributed by atoms with E-state index in [1.165, 1.54) is 5.56 Å². The predicted octanol–water partition coefficient (Wildman–Crippen LogP) is 3.30. The fourth-order valence-corrected chi connectivity index (χ4v) is 1.56. The summed E-state index contributed by atoms with van der Waals surface area (Å²) in [7, 11) is 0. The molecular weight excluding hydrogens is 184 g/mol. The second-order valence-electron chi connectivity index (χ2n) is 4.18. The lowest BCUT2D eigenvalue weighted by molar-refractivity contribution is 0.768. The molecule has 0 bridgehead atoms. The summed E-state index contributed by atoms with van der Waals surface area (Å²) in [5, 5.41) is 4.54. The Morgan fingerprint density at radius 3 is 2.60 bits per heavy atom. The zero-order chi connectivity index (χ0) is 10.8. The lowest BCUT2D eigenvalue weighted by Gasteiger charge is -2.03. The fraction of sp³-hybridized carbons (Fsp3) is 0.308. The Hall–Kier alpha value is -1.57. The molecule has 1 aromatic carbocycles. The first-order valence-corrected chi connectivity index (χ1v) is 5.29. The topological polar surface area (TPSA) is 17.8 Å². The highest BCUT2D eigenvalue weighted by Crippen LogP contribution is 2.14. The molecule has 0 saturated heterocycles. The molecule has 2 heteroatoms. The normalized spacial score (nSPS) is 10.9. The number of rotatable bonds is 2. The number of hydrogen-bond donors (Lipinski definition) is 0. The first kappa shape index (κ1) is 9.97. The van der Waals surface area contributed by atoms with Gasteiger partial charge in [-0.3, -0.25) is 0 Å². The zero-order valence-electron chi connectivity index (χ0n) is 9.44. The van der Waals surface area contributed by atoms with Crippen LogP contribution in [0.3, 0.4) is 0 Å². The van der Waals surface area contributed by atoms with Crippen molar-refractivity contribution >= 4 is 0 Å². The molecule has 2 rings (SSSR count). The SMILES string of the molecule is Cc1cccc(-n2ccc(C(C)C)n2)c1. The molecule has 78 valence electrons. The molecule has 2 aromatic rings. The summed E-state index contributed by atoms with van der Waals surface area (Å²) >= 11 is 0. The first-order valence-electron chi connectivity index (χ1n) is 5.29. The Morgan fingerprint density at radius 1 is 1.20 bits per heavy atom. The highest BCUT2D eigenvalue weighted by atomic mass is 15.3. The summed E-state index contributed by atoms with van der Waals surface area (Å²) in [6.07, 6.45) is 2.02. The minimum atomic E-state index is 0.482. The van der Waals surface area contributed by atoms with Crippen LogP contribution in [0.2, 0.25) is 0 Å². The lowest BCUT2D eigenvalue weighted by atomic mass is 10.1. The monoisotopic (exact) mass is 200 g/mol. The molecule has 0 atom stereocenters. The van der Waals surface area contributed by atoms with E-state index < -0.39 is 0 Å². The predicted molar refractivity (Wildman–Crippen MR) is 62.4 cm³/mol. The largest absolute Gasteiger partial charge is 0.241 e. The van der Waals surface area contributed by atoms with Crippen LogP contribution in [0.5, 0.6) is 0 Å². The van der Waals surface area contributed by atoms with Crippen LogP contribution < -0.4 is 0 Å². The standard InChI is InChI=1S/C13H16N2/c1-10(2)13-7-8-15(14-13)12-6-4-5-11(3)9-12/h4-10H,1-3H3. The maximum absolute atomic E-state index is 4.54. The van der Waals surface area contributed by atoms with Crippen molar-refractivity contribution in [1.82, 2.24) is 9.78 Å². The summed E-state index contributed by atoms with van der Waals surface area (Å²) in [5.74, 6) is 0.482. The Kier molecular flexibility index (Phi) is 2.58. The van der Waals surface area contributed by atoms with E-state index in [-0.39, 0.29) is 0 Å². The third-order valence-electron chi connectivity index (χ3n) is 2.47. The van der Waals surface area contributed by atoms with E-state index in [0.29, 0.717) is 5.92 Å². The molecule has 0 saturated carbocycles. The van der Waals surface area contributed by atoms with Gasteiger partial charge in [0, 0.05) is 6.20 Å². The van der Waals surface area contributed by atoms with Gasteiger partial charge in [-0.25, -0.2) is 4.68 Å². The second-order valence-corrected chi connectivity index (χ2v) is 4.18. The first-order chi connectivity index (χ1) is 7.16. The Balaban J connectivity index is 2.37. The number of nitrogens with zero attached hydrogens (tertiary/aromatic N) is 2. The summed E-state index contributed by atoms with van der Waals surface area (Å²) < 4.78 is 1.93. The molecule has 2 nitrogen and oxygen atoms in total. The average molecular weight is 200 g/mol. The van der Waals surface area contributed by atoms with Crippen LogP contribution in [0.15, 0.2) is 36.5 Å².